The molecule has 0 unspecified atom stereocenters. The Bertz CT molecular complexity index is 1070. The van der Waals surface area contributed by atoms with E-state index in [0.717, 1.165) is 17.7 Å². The molecule has 0 aliphatic heterocycles. The molecule has 0 atom stereocenters. The van der Waals surface area contributed by atoms with Crippen LogP contribution in [-0.4, -0.2) is 10.8 Å². The largest absolute Gasteiger partial charge is 0.416 e. The van der Waals surface area contributed by atoms with E-state index in [1.165, 1.54) is 18.2 Å². The average Bonchev–Trinajstić information content (AvgIpc) is 2.94. The van der Waals surface area contributed by atoms with Crippen molar-refractivity contribution < 1.29 is 18.0 Å². The maximum absolute atomic E-state index is 13.1. The van der Waals surface area contributed by atoms with Gasteiger partial charge in [-0.3, -0.25) is 4.79 Å². The number of Topliss-reactive ketones (excluding diaryl/α,β-unsaturated/α-hetero) is 1. The Balaban J connectivity index is 2.13. The molecule has 3 nitrogen and oxygen atoms in total. The number of para-hydroxylation sites is 1. The average molecular weight is 354 g/mol. The van der Waals surface area contributed by atoms with Crippen LogP contribution in [0.4, 0.5) is 13.2 Å². The Kier molecular flexibility index (Phi) is 4.39. The zero-order valence-electron chi connectivity index (χ0n) is 13.7. The highest BCUT2D eigenvalue weighted by atomic mass is 19.4. The van der Waals surface area contributed by atoms with Gasteiger partial charge in [0, 0.05) is 16.6 Å². The molecule has 3 rings (SSSR count). The number of H-pyrrole nitrogens is 1. The number of alkyl halides is 3. The highest BCUT2D eigenvalue weighted by Gasteiger charge is 2.32. The molecular formula is C20H13F3N2O. The maximum atomic E-state index is 13.1. The number of nitrogens with one attached hydrogen (secondary N) is 1. The smallest absolute Gasteiger partial charge is 0.358 e. The van der Waals surface area contributed by atoms with Gasteiger partial charge in [-0.25, -0.2) is 0 Å². The molecule has 1 aromatic heterocycles. The van der Waals surface area contributed by atoms with Crippen molar-refractivity contribution in [3.63, 3.8) is 0 Å². The van der Waals surface area contributed by atoms with Gasteiger partial charge in [-0.2, -0.15) is 18.4 Å². The monoisotopic (exact) mass is 354 g/mol. The summed E-state index contributed by atoms with van der Waals surface area (Å²) in [5.74, 6) is -0.612. The van der Waals surface area contributed by atoms with Crippen LogP contribution in [0.1, 0.15) is 27.2 Å². The number of rotatable bonds is 3. The lowest BCUT2D eigenvalue weighted by atomic mass is 9.97. The molecule has 1 heterocycles. The van der Waals surface area contributed by atoms with Gasteiger partial charge in [0.1, 0.15) is 11.6 Å². The Hall–Kier alpha value is -3.33. The second-order valence-corrected chi connectivity index (χ2v) is 5.75. The second-order valence-electron chi connectivity index (χ2n) is 5.75. The van der Waals surface area contributed by atoms with Crippen LogP contribution in [0.5, 0.6) is 0 Å². The van der Waals surface area contributed by atoms with Gasteiger partial charge in [0.05, 0.1) is 11.1 Å². The van der Waals surface area contributed by atoms with Gasteiger partial charge in [0.15, 0.2) is 0 Å². The predicted molar refractivity (Wildman–Crippen MR) is 92.4 cm³/mol. The molecule has 1 N–H and O–H groups in total. The van der Waals surface area contributed by atoms with Crippen molar-refractivity contribution in [1.29, 1.82) is 5.26 Å². The molecule has 0 bridgehead atoms. The predicted octanol–water partition coefficient (Wildman–Crippen LogP) is 5.29. The summed E-state index contributed by atoms with van der Waals surface area (Å²) in [4.78, 5) is 15.9. The first kappa shape index (κ1) is 17.5. The second kappa shape index (κ2) is 6.52. The molecule has 0 saturated carbocycles. The van der Waals surface area contributed by atoms with Crippen molar-refractivity contribution in [3.05, 3.63) is 76.5 Å². The van der Waals surface area contributed by atoms with Gasteiger partial charge in [-0.15, -0.1) is 0 Å². The lowest BCUT2D eigenvalue weighted by Gasteiger charge is -2.10. The van der Waals surface area contributed by atoms with E-state index in [1.54, 1.807) is 37.3 Å². The van der Waals surface area contributed by atoms with E-state index in [2.05, 4.69) is 4.98 Å². The minimum atomic E-state index is -4.58. The van der Waals surface area contributed by atoms with Crippen molar-refractivity contribution in [1.82, 2.24) is 4.98 Å². The number of fused-ring (bicyclic) bond motifs is 1. The van der Waals surface area contributed by atoms with E-state index in [9.17, 15) is 23.2 Å². The van der Waals surface area contributed by atoms with E-state index in [0.29, 0.717) is 11.1 Å². The molecule has 3 aromatic rings. The fourth-order valence-electron chi connectivity index (χ4n) is 2.89. The van der Waals surface area contributed by atoms with Crippen LogP contribution in [0.15, 0.2) is 54.1 Å². The molecule has 0 aliphatic carbocycles. The lowest BCUT2D eigenvalue weighted by molar-refractivity contribution is -0.137. The van der Waals surface area contributed by atoms with Crippen molar-refractivity contribution in [2.75, 3.05) is 0 Å². The number of aromatic nitrogens is 1. The van der Waals surface area contributed by atoms with Crippen molar-refractivity contribution in [2.45, 2.75) is 13.1 Å². The number of benzene rings is 2. The summed E-state index contributed by atoms with van der Waals surface area (Å²) in [6.45, 7) is 1.69. The van der Waals surface area contributed by atoms with E-state index < -0.39 is 17.5 Å². The van der Waals surface area contributed by atoms with E-state index in [-0.39, 0.29) is 16.7 Å². The summed E-state index contributed by atoms with van der Waals surface area (Å²) >= 11 is 0. The number of hydrogen-bond donors (Lipinski definition) is 1. The Morgan fingerprint density at radius 3 is 2.46 bits per heavy atom. The fourth-order valence-corrected chi connectivity index (χ4v) is 2.89. The third kappa shape index (κ3) is 3.11. The van der Waals surface area contributed by atoms with Crippen LogP contribution < -0.4 is 0 Å². The van der Waals surface area contributed by atoms with Crippen LogP contribution in [0.25, 0.3) is 17.0 Å². The maximum Gasteiger partial charge on any atom is 0.416 e. The van der Waals surface area contributed by atoms with Crippen molar-refractivity contribution in [3.8, 4) is 6.07 Å². The first-order valence-corrected chi connectivity index (χ1v) is 7.73. The van der Waals surface area contributed by atoms with Crippen molar-refractivity contribution in [2.24, 2.45) is 0 Å². The van der Waals surface area contributed by atoms with Crippen LogP contribution in [-0.2, 0) is 6.18 Å². The number of carbonyl (C=O) groups excluding carboxylic acids is 1. The third-order valence-electron chi connectivity index (χ3n) is 4.05. The molecule has 6 heteroatoms. The number of ketones is 1. The normalized spacial score (nSPS) is 12.2. The quantitative estimate of drug-likeness (QED) is 0.395. The summed E-state index contributed by atoms with van der Waals surface area (Å²) in [6, 6.07) is 13.6. The molecule has 26 heavy (non-hydrogen) atoms. The minimum Gasteiger partial charge on any atom is -0.358 e. The third-order valence-corrected chi connectivity index (χ3v) is 4.05. The summed E-state index contributed by atoms with van der Waals surface area (Å²) in [6.07, 6.45) is -3.58. The van der Waals surface area contributed by atoms with Crippen LogP contribution in [0.2, 0.25) is 0 Å². The lowest BCUT2D eigenvalue weighted by Crippen LogP contribution is -2.08. The number of hydrogen-bond acceptors (Lipinski definition) is 2. The Labute approximate surface area is 147 Å². The summed E-state index contributed by atoms with van der Waals surface area (Å²) in [7, 11) is 0. The zero-order chi connectivity index (χ0) is 18.9. The number of aromatic amines is 1. The minimum absolute atomic E-state index is 0.220. The van der Waals surface area contributed by atoms with Crippen molar-refractivity contribution >= 4 is 22.8 Å². The first-order valence-electron chi connectivity index (χ1n) is 7.73. The molecule has 0 radical (unpaired) electrons. The number of aryl methyl sites for hydroxylation is 1. The number of nitrogens with zero attached hydrogens (tertiary/aromatic N) is 1. The molecule has 0 saturated heterocycles. The van der Waals surface area contributed by atoms with Gasteiger partial charge < -0.3 is 4.98 Å². The van der Waals surface area contributed by atoms with Gasteiger partial charge in [0.25, 0.3) is 0 Å². The Morgan fingerprint density at radius 1 is 1.12 bits per heavy atom. The zero-order valence-corrected chi connectivity index (χ0v) is 13.7. The van der Waals surface area contributed by atoms with Gasteiger partial charge in [-0.1, -0.05) is 36.4 Å². The summed E-state index contributed by atoms with van der Waals surface area (Å²) < 4.78 is 39.4. The van der Waals surface area contributed by atoms with Gasteiger partial charge >= 0.3 is 6.18 Å². The summed E-state index contributed by atoms with van der Waals surface area (Å²) in [5, 5.41) is 10.0. The molecule has 0 spiro atoms. The number of nitriles is 1. The van der Waals surface area contributed by atoms with E-state index in [1.807, 2.05) is 0 Å². The highest BCUT2D eigenvalue weighted by molar-refractivity contribution is 6.20. The number of halogens is 3. The van der Waals surface area contributed by atoms with E-state index in [4.69, 9.17) is 0 Å². The summed E-state index contributed by atoms with van der Waals surface area (Å²) in [5.41, 5.74) is 0.105. The molecule has 2 aromatic carbocycles. The number of carbonyl (C=O) groups is 1. The first-order chi connectivity index (χ1) is 12.3. The van der Waals surface area contributed by atoms with Gasteiger partial charge in [0.2, 0.25) is 5.78 Å². The van der Waals surface area contributed by atoms with Crippen LogP contribution in [0, 0.1) is 18.3 Å². The molecule has 0 amide bonds. The highest BCUT2D eigenvalue weighted by Crippen LogP contribution is 2.33. The number of allylic oxidation sites excluding steroid dienone is 1. The molecule has 0 aliphatic rings. The van der Waals surface area contributed by atoms with Crippen LogP contribution >= 0.6 is 0 Å². The topological polar surface area (TPSA) is 56.6 Å². The Morgan fingerprint density at radius 2 is 1.77 bits per heavy atom. The standard InChI is InChI=1S/C20H13F3N2O/c1-12-18(15-7-3-5-9-17(15)25-12)19(26)14(11-24)10-13-6-2-4-8-16(13)20(21,22)23/h2-10,25H,1H3. The van der Waals surface area contributed by atoms with Crippen LogP contribution in [0.3, 0.4) is 0 Å². The van der Waals surface area contributed by atoms with Gasteiger partial charge in [-0.05, 0) is 30.7 Å². The SMILES string of the molecule is Cc1[nH]c2ccccc2c1C(=O)C(C#N)=Cc1ccccc1C(F)(F)F. The fraction of sp³-hybridized carbons (Fsp3) is 0.100. The van der Waals surface area contributed by atoms with E-state index >= 15 is 0 Å². The molecule has 0 fully saturated rings. The molecular weight excluding hydrogens is 341 g/mol. The molecule has 130 valence electrons.